The first-order valence-corrected chi connectivity index (χ1v) is 10.6. The van der Waals surface area contributed by atoms with Gasteiger partial charge in [0, 0.05) is 12.0 Å². The van der Waals surface area contributed by atoms with Gasteiger partial charge in [-0.2, -0.15) is 4.98 Å². The van der Waals surface area contributed by atoms with Crippen LogP contribution < -0.4 is 11.1 Å². The number of carboxylic acids is 2. The molecular formula is C21H22N4O6S. The molecule has 0 bridgehead atoms. The van der Waals surface area contributed by atoms with Crippen LogP contribution in [0.4, 0.5) is 5.95 Å². The second kappa shape index (κ2) is 9.60. The molecule has 11 heteroatoms. The number of aromatic hydroxyl groups is 1. The van der Waals surface area contributed by atoms with E-state index in [1.165, 1.54) is 11.3 Å². The van der Waals surface area contributed by atoms with Crippen molar-refractivity contribution in [2.45, 2.75) is 38.1 Å². The largest absolute Gasteiger partial charge is 0.493 e. The fraction of sp³-hybridized carbons (Fsp3) is 0.286. The third-order valence-corrected chi connectivity index (χ3v) is 5.89. The van der Waals surface area contributed by atoms with Crippen molar-refractivity contribution in [1.82, 2.24) is 15.3 Å². The summed E-state index contributed by atoms with van der Waals surface area (Å²) in [6.45, 7) is 2.00. The van der Waals surface area contributed by atoms with Crippen LogP contribution in [0.2, 0.25) is 0 Å². The highest BCUT2D eigenvalue weighted by molar-refractivity contribution is 7.17. The molecule has 0 saturated heterocycles. The third-order valence-electron chi connectivity index (χ3n) is 5.00. The normalized spacial score (nSPS) is 12.9. The van der Waals surface area contributed by atoms with Crippen LogP contribution in [-0.4, -0.2) is 49.2 Å². The molecule has 0 fully saturated rings. The SMILES string of the molecule is CC(Cc1ccc(C(=O)N[C@@H](CCC(=O)O)C(=O)O)cc1)c1csc2nc(N)nc(O)c12. The van der Waals surface area contributed by atoms with E-state index in [4.69, 9.17) is 10.8 Å². The van der Waals surface area contributed by atoms with Gasteiger partial charge in [-0.25, -0.2) is 9.78 Å². The zero-order valence-corrected chi connectivity index (χ0v) is 17.9. The number of benzene rings is 1. The first-order chi connectivity index (χ1) is 15.2. The van der Waals surface area contributed by atoms with Crippen LogP contribution in [0, 0.1) is 0 Å². The highest BCUT2D eigenvalue weighted by Crippen LogP contribution is 2.36. The van der Waals surface area contributed by atoms with Gasteiger partial charge in [-0.05, 0) is 47.4 Å². The second-order valence-corrected chi connectivity index (χ2v) is 8.23. The Morgan fingerprint density at radius 3 is 2.47 bits per heavy atom. The van der Waals surface area contributed by atoms with Crippen molar-refractivity contribution in [2.24, 2.45) is 0 Å². The lowest BCUT2D eigenvalue weighted by Gasteiger charge is -2.14. The van der Waals surface area contributed by atoms with Crippen molar-refractivity contribution in [3.63, 3.8) is 0 Å². The van der Waals surface area contributed by atoms with Crippen LogP contribution in [0.3, 0.4) is 0 Å². The van der Waals surface area contributed by atoms with E-state index < -0.39 is 23.9 Å². The van der Waals surface area contributed by atoms with Crippen LogP contribution in [-0.2, 0) is 16.0 Å². The minimum Gasteiger partial charge on any atom is -0.493 e. The number of hydrogen-bond acceptors (Lipinski definition) is 8. The number of rotatable bonds is 9. The minimum atomic E-state index is -1.29. The number of nitrogens with zero attached hydrogens (tertiary/aromatic N) is 2. The Kier molecular flexibility index (Phi) is 6.89. The molecule has 2 heterocycles. The van der Waals surface area contributed by atoms with E-state index in [1.54, 1.807) is 24.3 Å². The standard InChI is InChI=1S/C21H22N4O6S/c1-10(13-9-32-19-16(13)18(29)24-21(22)25-19)8-11-2-4-12(5-3-11)17(28)23-14(20(30)31)6-7-15(26)27/h2-5,9-10,14H,6-8H2,1H3,(H,23,28)(H,26,27)(H,30,31)(H3,22,24,25,29)/t10?,14-/m0/s1. The maximum absolute atomic E-state index is 12.4. The predicted octanol–water partition coefficient (Wildman–Crippen LogP) is 2.37. The van der Waals surface area contributed by atoms with Gasteiger partial charge >= 0.3 is 11.9 Å². The highest BCUT2D eigenvalue weighted by Gasteiger charge is 2.22. The van der Waals surface area contributed by atoms with Crippen molar-refractivity contribution < 1.29 is 29.7 Å². The van der Waals surface area contributed by atoms with E-state index in [2.05, 4.69) is 15.3 Å². The number of hydrogen-bond donors (Lipinski definition) is 5. The molecule has 3 rings (SSSR count). The van der Waals surface area contributed by atoms with Gasteiger partial charge in [0.15, 0.2) is 0 Å². The van der Waals surface area contributed by atoms with E-state index in [0.717, 1.165) is 11.1 Å². The van der Waals surface area contributed by atoms with Gasteiger partial charge in [0.1, 0.15) is 10.9 Å². The first kappa shape index (κ1) is 22.9. The number of thiophene rings is 1. The number of nitrogen functional groups attached to an aromatic ring is 1. The molecule has 0 aliphatic heterocycles. The van der Waals surface area contributed by atoms with Crippen LogP contribution in [0.25, 0.3) is 10.2 Å². The Labute approximate surface area is 186 Å². The van der Waals surface area contributed by atoms with Gasteiger partial charge in [0.05, 0.1) is 5.39 Å². The molecule has 0 saturated carbocycles. The topological polar surface area (TPSA) is 176 Å². The molecule has 3 aromatic rings. The molecule has 6 N–H and O–H groups in total. The van der Waals surface area contributed by atoms with Crippen LogP contribution in [0.15, 0.2) is 29.6 Å². The summed E-state index contributed by atoms with van der Waals surface area (Å²) in [7, 11) is 0. The molecule has 2 aromatic heterocycles. The Morgan fingerprint density at radius 2 is 1.84 bits per heavy atom. The molecule has 10 nitrogen and oxygen atoms in total. The van der Waals surface area contributed by atoms with E-state index in [-0.39, 0.29) is 36.2 Å². The van der Waals surface area contributed by atoms with E-state index in [9.17, 15) is 24.6 Å². The molecular weight excluding hydrogens is 436 g/mol. The van der Waals surface area contributed by atoms with E-state index in [0.29, 0.717) is 16.6 Å². The smallest absolute Gasteiger partial charge is 0.326 e. The Morgan fingerprint density at radius 1 is 1.16 bits per heavy atom. The number of nitrogens with two attached hydrogens (primary N) is 1. The molecule has 1 aromatic carbocycles. The maximum atomic E-state index is 12.4. The number of carboxylic acid groups (broad SMARTS) is 2. The summed E-state index contributed by atoms with van der Waals surface area (Å²) in [4.78, 5) is 42.9. The number of anilines is 1. The average molecular weight is 458 g/mol. The third kappa shape index (κ3) is 5.30. The number of carbonyl (C=O) groups excluding carboxylic acids is 1. The van der Waals surface area contributed by atoms with E-state index in [1.807, 2.05) is 12.3 Å². The van der Waals surface area contributed by atoms with Crippen molar-refractivity contribution >= 4 is 45.3 Å². The summed E-state index contributed by atoms with van der Waals surface area (Å²) >= 11 is 1.37. The van der Waals surface area contributed by atoms with Gasteiger partial charge < -0.3 is 26.4 Å². The van der Waals surface area contributed by atoms with Crippen molar-refractivity contribution in [2.75, 3.05) is 5.73 Å². The number of fused-ring (bicyclic) bond motifs is 1. The van der Waals surface area contributed by atoms with Crippen molar-refractivity contribution in [3.8, 4) is 5.88 Å². The summed E-state index contributed by atoms with van der Waals surface area (Å²) in [5, 5.41) is 32.9. The number of aromatic nitrogens is 2. The van der Waals surface area contributed by atoms with Gasteiger partial charge in [-0.3, -0.25) is 9.59 Å². The van der Waals surface area contributed by atoms with Gasteiger partial charge in [-0.1, -0.05) is 19.1 Å². The molecule has 0 spiro atoms. The fourth-order valence-electron chi connectivity index (χ4n) is 3.35. The maximum Gasteiger partial charge on any atom is 0.326 e. The number of nitrogens with one attached hydrogen (secondary N) is 1. The van der Waals surface area contributed by atoms with Crippen LogP contribution in [0.1, 0.15) is 47.2 Å². The van der Waals surface area contributed by atoms with Crippen molar-refractivity contribution in [1.29, 1.82) is 0 Å². The fourth-order valence-corrected chi connectivity index (χ4v) is 4.41. The molecule has 1 amide bonds. The zero-order valence-electron chi connectivity index (χ0n) is 17.1. The van der Waals surface area contributed by atoms with Gasteiger partial charge in [0.2, 0.25) is 11.8 Å². The monoisotopic (exact) mass is 458 g/mol. The lowest BCUT2D eigenvalue weighted by molar-refractivity contribution is -0.140. The molecule has 1 unspecified atom stereocenters. The summed E-state index contributed by atoms with van der Waals surface area (Å²) in [5.74, 6) is -3.14. The number of aliphatic carboxylic acids is 2. The zero-order chi connectivity index (χ0) is 23.4. The van der Waals surface area contributed by atoms with Crippen LogP contribution in [0.5, 0.6) is 5.88 Å². The van der Waals surface area contributed by atoms with Crippen LogP contribution >= 0.6 is 11.3 Å². The first-order valence-electron chi connectivity index (χ1n) is 9.73. The Balaban J connectivity index is 1.68. The molecule has 0 radical (unpaired) electrons. The predicted molar refractivity (Wildman–Crippen MR) is 118 cm³/mol. The minimum absolute atomic E-state index is 0.0121. The second-order valence-electron chi connectivity index (χ2n) is 7.38. The summed E-state index contributed by atoms with van der Waals surface area (Å²) < 4.78 is 0. The lowest BCUT2D eigenvalue weighted by Crippen LogP contribution is -2.41. The molecule has 168 valence electrons. The lowest BCUT2D eigenvalue weighted by atomic mass is 9.93. The summed E-state index contributed by atoms with van der Waals surface area (Å²) in [6, 6.07) is 5.41. The van der Waals surface area contributed by atoms with E-state index >= 15 is 0 Å². The molecule has 2 atom stereocenters. The van der Waals surface area contributed by atoms with Gasteiger partial charge in [0.25, 0.3) is 5.91 Å². The molecule has 0 aliphatic rings. The average Bonchev–Trinajstić information content (AvgIpc) is 3.15. The number of amides is 1. The highest BCUT2D eigenvalue weighted by atomic mass is 32.1. The van der Waals surface area contributed by atoms with Gasteiger partial charge in [-0.15, -0.1) is 11.3 Å². The number of carbonyl (C=O) groups is 3. The molecule has 0 aliphatic carbocycles. The summed E-state index contributed by atoms with van der Waals surface area (Å²) in [5.41, 5.74) is 7.68. The quantitative estimate of drug-likeness (QED) is 0.322. The summed E-state index contributed by atoms with van der Waals surface area (Å²) in [6.07, 6.45) is 0.0508. The Bertz CT molecular complexity index is 1160. The molecule has 32 heavy (non-hydrogen) atoms. The van der Waals surface area contributed by atoms with Crippen molar-refractivity contribution in [3.05, 3.63) is 46.3 Å². The Hall–Kier alpha value is -3.73.